The number of nitrogens with zero attached hydrogens (tertiary/aromatic N) is 1. The minimum atomic E-state index is -0.447. The molecule has 0 radical (unpaired) electrons. The van der Waals surface area contributed by atoms with E-state index in [0.29, 0.717) is 16.3 Å². The van der Waals surface area contributed by atoms with Gasteiger partial charge in [0, 0.05) is 22.3 Å². The lowest BCUT2D eigenvalue weighted by Gasteiger charge is -2.06. The number of benzene rings is 2. The van der Waals surface area contributed by atoms with Crippen LogP contribution in [0.2, 0.25) is 0 Å². The number of hydrogen-bond donors (Lipinski definition) is 2. The van der Waals surface area contributed by atoms with Crippen LogP contribution in [0.5, 0.6) is 0 Å². The fourth-order valence-corrected chi connectivity index (χ4v) is 2.40. The smallest absolute Gasteiger partial charge is 0.285 e. The highest BCUT2D eigenvalue weighted by Gasteiger charge is 2.15. The van der Waals surface area contributed by atoms with Gasteiger partial charge < -0.3 is 11.5 Å². The Balaban J connectivity index is 2.41. The average Bonchev–Trinajstić information content (AvgIpc) is 2.34. The van der Waals surface area contributed by atoms with Gasteiger partial charge in [0.05, 0.1) is 9.82 Å². The van der Waals surface area contributed by atoms with Crippen LogP contribution in [-0.4, -0.2) is 4.92 Å². The third kappa shape index (κ3) is 2.54. The Bertz CT molecular complexity index is 602. The van der Waals surface area contributed by atoms with Crippen molar-refractivity contribution < 1.29 is 4.92 Å². The van der Waals surface area contributed by atoms with Crippen LogP contribution >= 0.6 is 11.8 Å². The second-order valence-electron chi connectivity index (χ2n) is 3.62. The van der Waals surface area contributed by atoms with Crippen molar-refractivity contribution in [2.24, 2.45) is 0 Å². The largest absolute Gasteiger partial charge is 0.399 e. The van der Waals surface area contributed by atoms with Gasteiger partial charge in [0.25, 0.3) is 5.69 Å². The number of nitro benzene ring substituents is 1. The molecule has 2 rings (SSSR count). The monoisotopic (exact) mass is 261 g/mol. The molecule has 0 aromatic heterocycles. The van der Waals surface area contributed by atoms with Gasteiger partial charge in [-0.15, -0.1) is 0 Å². The summed E-state index contributed by atoms with van der Waals surface area (Å²) >= 11 is 1.26. The summed E-state index contributed by atoms with van der Waals surface area (Å²) in [6, 6.07) is 11.8. The summed E-state index contributed by atoms with van der Waals surface area (Å²) in [7, 11) is 0. The second kappa shape index (κ2) is 4.97. The number of anilines is 2. The van der Waals surface area contributed by atoms with Crippen LogP contribution in [0.4, 0.5) is 17.1 Å². The number of nitrogens with two attached hydrogens (primary N) is 2. The number of nitrogen functional groups attached to an aromatic ring is 2. The molecule has 0 heterocycles. The predicted molar refractivity (Wildman–Crippen MR) is 72.5 cm³/mol. The second-order valence-corrected chi connectivity index (χ2v) is 4.71. The van der Waals surface area contributed by atoms with E-state index in [2.05, 4.69) is 0 Å². The summed E-state index contributed by atoms with van der Waals surface area (Å²) in [4.78, 5) is 11.8. The summed E-state index contributed by atoms with van der Waals surface area (Å²) < 4.78 is 0. The lowest BCUT2D eigenvalue weighted by Crippen LogP contribution is -1.94. The number of rotatable bonds is 3. The standard InChI is InChI=1S/C12H11N3O2S/c13-8-5-6-12(10(7-8)15(16)17)18-11-4-2-1-3-9(11)14/h1-7H,13-14H2. The normalized spacial score (nSPS) is 10.2. The highest BCUT2D eigenvalue weighted by atomic mass is 32.2. The van der Waals surface area contributed by atoms with Gasteiger partial charge in [-0.05, 0) is 24.3 Å². The van der Waals surface area contributed by atoms with E-state index in [1.165, 1.54) is 17.8 Å². The van der Waals surface area contributed by atoms with Crippen LogP contribution in [0, 0.1) is 10.1 Å². The molecule has 4 N–H and O–H groups in total. The van der Waals surface area contributed by atoms with Crippen molar-refractivity contribution in [3.8, 4) is 0 Å². The summed E-state index contributed by atoms with van der Waals surface area (Å²) in [5.74, 6) is 0. The zero-order valence-corrected chi connectivity index (χ0v) is 10.2. The Hall–Kier alpha value is -2.21. The molecule has 0 saturated carbocycles. The number of nitro groups is 1. The Labute approximate surface area is 108 Å². The molecule has 18 heavy (non-hydrogen) atoms. The first-order valence-corrected chi connectivity index (χ1v) is 5.96. The molecule has 92 valence electrons. The zero-order chi connectivity index (χ0) is 13.1. The van der Waals surface area contributed by atoms with E-state index < -0.39 is 4.92 Å². The van der Waals surface area contributed by atoms with E-state index in [1.54, 1.807) is 18.2 Å². The maximum Gasteiger partial charge on any atom is 0.285 e. The minimum Gasteiger partial charge on any atom is -0.399 e. The Morgan fingerprint density at radius 2 is 1.78 bits per heavy atom. The zero-order valence-electron chi connectivity index (χ0n) is 9.37. The molecule has 0 aliphatic carbocycles. The number of para-hydroxylation sites is 1. The molecule has 0 aliphatic rings. The van der Waals surface area contributed by atoms with Gasteiger partial charge >= 0.3 is 0 Å². The topological polar surface area (TPSA) is 95.2 Å². The molecule has 0 fully saturated rings. The molecule has 0 spiro atoms. The number of hydrogen-bond acceptors (Lipinski definition) is 5. The van der Waals surface area contributed by atoms with Gasteiger partial charge in [-0.1, -0.05) is 23.9 Å². The van der Waals surface area contributed by atoms with Gasteiger partial charge in [0.15, 0.2) is 0 Å². The van der Waals surface area contributed by atoms with Gasteiger partial charge in [-0.25, -0.2) is 0 Å². The Morgan fingerprint density at radius 3 is 2.44 bits per heavy atom. The molecule has 0 saturated heterocycles. The maximum atomic E-state index is 11.0. The van der Waals surface area contributed by atoms with E-state index in [9.17, 15) is 10.1 Å². The van der Waals surface area contributed by atoms with E-state index in [1.807, 2.05) is 18.2 Å². The maximum absolute atomic E-state index is 11.0. The van der Waals surface area contributed by atoms with Crippen LogP contribution in [0.3, 0.4) is 0 Å². The lowest BCUT2D eigenvalue weighted by atomic mass is 10.3. The highest BCUT2D eigenvalue weighted by molar-refractivity contribution is 7.99. The average molecular weight is 261 g/mol. The summed E-state index contributed by atoms with van der Waals surface area (Å²) in [6.07, 6.45) is 0. The van der Waals surface area contributed by atoms with Gasteiger partial charge in [-0.2, -0.15) is 0 Å². The van der Waals surface area contributed by atoms with Crippen molar-refractivity contribution in [3.63, 3.8) is 0 Å². The van der Waals surface area contributed by atoms with Crippen molar-refractivity contribution in [3.05, 3.63) is 52.6 Å². The van der Waals surface area contributed by atoms with Crippen LogP contribution in [0.15, 0.2) is 52.3 Å². The van der Waals surface area contributed by atoms with Gasteiger partial charge in [0.1, 0.15) is 0 Å². The van der Waals surface area contributed by atoms with Gasteiger partial charge in [-0.3, -0.25) is 10.1 Å². The molecule has 6 heteroatoms. The molecule has 5 nitrogen and oxygen atoms in total. The van der Waals surface area contributed by atoms with Crippen LogP contribution in [-0.2, 0) is 0 Å². The van der Waals surface area contributed by atoms with Crippen molar-refractivity contribution in [2.45, 2.75) is 9.79 Å². The molecule has 2 aromatic carbocycles. The lowest BCUT2D eigenvalue weighted by molar-refractivity contribution is -0.387. The van der Waals surface area contributed by atoms with Crippen molar-refractivity contribution in [2.75, 3.05) is 11.5 Å². The SMILES string of the molecule is Nc1ccc(Sc2ccccc2N)c([N+](=O)[O-])c1. The molecule has 0 amide bonds. The van der Waals surface area contributed by atoms with E-state index in [-0.39, 0.29) is 5.69 Å². The third-order valence-electron chi connectivity index (χ3n) is 2.32. The van der Waals surface area contributed by atoms with Crippen LogP contribution < -0.4 is 11.5 Å². The third-order valence-corrected chi connectivity index (χ3v) is 3.48. The van der Waals surface area contributed by atoms with E-state index in [0.717, 1.165) is 4.90 Å². The Kier molecular flexibility index (Phi) is 3.38. The summed E-state index contributed by atoms with van der Waals surface area (Å²) in [5.41, 5.74) is 12.3. The van der Waals surface area contributed by atoms with E-state index >= 15 is 0 Å². The summed E-state index contributed by atoms with van der Waals surface area (Å²) in [5, 5.41) is 11.0. The first kappa shape index (κ1) is 12.3. The van der Waals surface area contributed by atoms with Crippen molar-refractivity contribution in [1.82, 2.24) is 0 Å². The van der Waals surface area contributed by atoms with Crippen LogP contribution in [0.25, 0.3) is 0 Å². The molecule has 2 aromatic rings. The molecular weight excluding hydrogens is 250 g/mol. The van der Waals surface area contributed by atoms with Crippen LogP contribution in [0.1, 0.15) is 0 Å². The van der Waals surface area contributed by atoms with Crippen molar-refractivity contribution >= 4 is 28.8 Å². The molecule has 0 aliphatic heterocycles. The highest BCUT2D eigenvalue weighted by Crippen LogP contribution is 2.38. The predicted octanol–water partition coefficient (Wildman–Crippen LogP) is 2.91. The first-order valence-electron chi connectivity index (χ1n) is 5.14. The summed E-state index contributed by atoms with van der Waals surface area (Å²) in [6.45, 7) is 0. The Morgan fingerprint density at radius 1 is 1.06 bits per heavy atom. The quantitative estimate of drug-likeness (QED) is 0.503. The first-order chi connectivity index (χ1) is 8.58. The fourth-order valence-electron chi connectivity index (χ4n) is 1.46. The molecular formula is C12H11N3O2S. The fraction of sp³-hybridized carbons (Fsp3) is 0. The molecule has 0 unspecified atom stereocenters. The van der Waals surface area contributed by atoms with E-state index in [4.69, 9.17) is 11.5 Å². The molecule has 0 atom stereocenters. The van der Waals surface area contributed by atoms with Crippen molar-refractivity contribution in [1.29, 1.82) is 0 Å². The minimum absolute atomic E-state index is 0.0109. The van der Waals surface area contributed by atoms with Gasteiger partial charge in [0.2, 0.25) is 0 Å². The molecule has 0 bridgehead atoms.